The van der Waals surface area contributed by atoms with Crippen molar-refractivity contribution in [1.29, 1.82) is 0 Å². The molecule has 1 N–H and O–H groups in total. The number of nitrogens with one attached hydrogen (secondary N) is 1. The number of aromatic nitrogens is 1. The molecule has 0 radical (unpaired) electrons. The zero-order valence-corrected chi connectivity index (χ0v) is 11.6. The summed E-state index contributed by atoms with van der Waals surface area (Å²) in [5.74, 6) is -0.645. The number of benzene rings is 1. The molecule has 0 atom stereocenters. The van der Waals surface area contributed by atoms with Gasteiger partial charge in [-0.25, -0.2) is 4.98 Å². The van der Waals surface area contributed by atoms with Crippen LogP contribution in [0.25, 0.3) is 0 Å². The first-order chi connectivity index (χ1) is 9.77. The third kappa shape index (κ3) is 3.72. The monoisotopic (exact) mass is 314 g/mol. The lowest BCUT2D eigenvalue weighted by atomic mass is 10.1. The molecule has 0 saturated carbocycles. The van der Waals surface area contributed by atoms with E-state index in [1.54, 1.807) is 6.92 Å². The second-order valence-electron chi connectivity index (χ2n) is 4.30. The molecule has 110 valence electrons. The fraction of sp³-hybridized carbons (Fsp3) is 0.143. The lowest BCUT2D eigenvalue weighted by molar-refractivity contribution is -0.137. The summed E-state index contributed by atoms with van der Waals surface area (Å²) in [6.45, 7) is 1.63. The molecule has 0 saturated heterocycles. The second-order valence-corrected chi connectivity index (χ2v) is 4.69. The number of rotatable bonds is 2. The fourth-order valence-electron chi connectivity index (χ4n) is 1.69. The summed E-state index contributed by atoms with van der Waals surface area (Å²) in [5.41, 5.74) is -0.0927. The van der Waals surface area contributed by atoms with Gasteiger partial charge in [0.15, 0.2) is 0 Å². The molecule has 3 nitrogen and oxygen atoms in total. The first-order valence-corrected chi connectivity index (χ1v) is 6.27. The van der Waals surface area contributed by atoms with Crippen LogP contribution in [0.15, 0.2) is 36.4 Å². The van der Waals surface area contributed by atoms with E-state index in [1.165, 1.54) is 24.3 Å². The summed E-state index contributed by atoms with van der Waals surface area (Å²) < 4.78 is 37.8. The highest BCUT2D eigenvalue weighted by atomic mass is 35.5. The molecule has 0 aliphatic heterocycles. The lowest BCUT2D eigenvalue weighted by Crippen LogP contribution is -2.14. The zero-order valence-electron chi connectivity index (χ0n) is 10.8. The molecule has 0 spiro atoms. The molecule has 1 aromatic carbocycles. The smallest absolute Gasteiger partial charge is 0.320 e. The maximum Gasteiger partial charge on any atom is 0.416 e. The number of alkyl halides is 3. The van der Waals surface area contributed by atoms with Crippen molar-refractivity contribution < 1.29 is 18.0 Å². The quantitative estimate of drug-likeness (QED) is 0.839. The van der Waals surface area contributed by atoms with E-state index < -0.39 is 17.6 Å². The fourth-order valence-corrected chi connectivity index (χ4v) is 1.88. The van der Waals surface area contributed by atoms with Gasteiger partial charge in [-0.15, -0.1) is 0 Å². The van der Waals surface area contributed by atoms with E-state index in [2.05, 4.69) is 10.3 Å². The molecule has 1 aromatic heterocycles. The van der Waals surface area contributed by atoms with E-state index in [0.29, 0.717) is 11.4 Å². The molecule has 0 bridgehead atoms. The molecule has 21 heavy (non-hydrogen) atoms. The van der Waals surface area contributed by atoms with Gasteiger partial charge in [0.1, 0.15) is 5.15 Å². The maximum absolute atomic E-state index is 12.6. The third-order valence-electron chi connectivity index (χ3n) is 2.75. The highest BCUT2D eigenvalue weighted by molar-refractivity contribution is 6.29. The van der Waals surface area contributed by atoms with E-state index in [0.717, 1.165) is 12.1 Å². The third-order valence-corrected chi connectivity index (χ3v) is 2.96. The summed E-state index contributed by atoms with van der Waals surface area (Å²) in [7, 11) is 0. The van der Waals surface area contributed by atoms with Crippen LogP contribution in [0.4, 0.5) is 18.9 Å². The first kappa shape index (κ1) is 15.3. The average Bonchev–Trinajstić information content (AvgIpc) is 2.41. The van der Waals surface area contributed by atoms with Crippen molar-refractivity contribution in [2.45, 2.75) is 13.1 Å². The van der Waals surface area contributed by atoms with Crippen molar-refractivity contribution in [1.82, 2.24) is 4.98 Å². The molecule has 0 fully saturated rings. The van der Waals surface area contributed by atoms with Crippen LogP contribution in [-0.4, -0.2) is 10.9 Å². The number of carbonyl (C=O) groups excluding carboxylic acids is 1. The van der Waals surface area contributed by atoms with Crippen LogP contribution in [0.3, 0.4) is 0 Å². The van der Waals surface area contributed by atoms with Crippen LogP contribution in [0.5, 0.6) is 0 Å². The minimum absolute atomic E-state index is 0.0841. The Morgan fingerprint density at radius 3 is 2.57 bits per heavy atom. The molecule has 0 unspecified atom stereocenters. The lowest BCUT2D eigenvalue weighted by Gasteiger charge is -2.10. The van der Waals surface area contributed by atoms with Crippen LogP contribution in [0, 0.1) is 6.92 Å². The SMILES string of the molecule is Cc1nc(Cl)ccc1NC(=O)c1cccc(C(F)(F)F)c1. The highest BCUT2D eigenvalue weighted by Gasteiger charge is 2.30. The Morgan fingerprint density at radius 2 is 1.95 bits per heavy atom. The number of nitrogens with zero attached hydrogens (tertiary/aromatic N) is 1. The Hall–Kier alpha value is -2.08. The molecule has 2 rings (SSSR count). The molecule has 1 heterocycles. The number of hydrogen-bond acceptors (Lipinski definition) is 2. The van der Waals surface area contributed by atoms with Gasteiger partial charge in [0.25, 0.3) is 5.91 Å². The van der Waals surface area contributed by atoms with Crippen molar-refractivity contribution in [3.63, 3.8) is 0 Å². The van der Waals surface area contributed by atoms with Gasteiger partial charge in [0, 0.05) is 5.56 Å². The Morgan fingerprint density at radius 1 is 1.24 bits per heavy atom. The topological polar surface area (TPSA) is 42.0 Å². The van der Waals surface area contributed by atoms with Crippen molar-refractivity contribution in [3.8, 4) is 0 Å². The number of anilines is 1. The molecular formula is C14H10ClF3N2O. The summed E-state index contributed by atoms with van der Waals surface area (Å²) in [6, 6.07) is 7.22. The minimum Gasteiger partial charge on any atom is -0.320 e. The first-order valence-electron chi connectivity index (χ1n) is 5.89. The number of aryl methyl sites for hydroxylation is 1. The number of amides is 1. The van der Waals surface area contributed by atoms with Gasteiger partial charge in [0.05, 0.1) is 16.9 Å². The minimum atomic E-state index is -4.49. The van der Waals surface area contributed by atoms with Gasteiger partial charge in [-0.2, -0.15) is 13.2 Å². The maximum atomic E-state index is 12.6. The van der Waals surface area contributed by atoms with Gasteiger partial charge in [-0.05, 0) is 37.3 Å². The zero-order chi connectivity index (χ0) is 15.6. The van der Waals surface area contributed by atoms with Crippen molar-refractivity contribution in [2.24, 2.45) is 0 Å². The predicted molar refractivity (Wildman–Crippen MR) is 73.4 cm³/mol. The van der Waals surface area contributed by atoms with Gasteiger partial charge < -0.3 is 5.32 Å². The van der Waals surface area contributed by atoms with Crippen LogP contribution in [0.1, 0.15) is 21.6 Å². The van der Waals surface area contributed by atoms with Gasteiger partial charge in [-0.1, -0.05) is 17.7 Å². The van der Waals surface area contributed by atoms with Gasteiger partial charge >= 0.3 is 6.18 Å². The van der Waals surface area contributed by atoms with E-state index in [-0.39, 0.29) is 10.7 Å². The number of hydrogen-bond donors (Lipinski definition) is 1. The Kier molecular flexibility index (Phi) is 4.18. The van der Waals surface area contributed by atoms with Gasteiger partial charge in [-0.3, -0.25) is 4.79 Å². The summed E-state index contributed by atoms with van der Waals surface area (Å²) in [5, 5.41) is 2.77. The number of carbonyl (C=O) groups is 1. The second kappa shape index (κ2) is 5.73. The van der Waals surface area contributed by atoms with Crippen molar-refractivity contribution in [2.75, 3.05) is 5.32 Å². The molecule has 0 aliphatic carbocycles. The highest BCUT2D eigenvalue weighted by Crippen LogP contribution is 2.29. The number of pyridine rings is 1. The largest absolute Gasteiger partial charge is 0.416 e. The van der Waals surface area contributed by atoms with E-state index in [4.69, 9.17) is 11.6 Å². The van der Waals surface area contributed by atoms with Crippen LogP contribution < -0.4 is 5.32 Å². The van der Waals surface area contributed by atoms with Gasteiger partial charge in [0.2, 0.25) is 0 Å². The Balaban J connectivity index is 2.25. The normalized spacial score (nSPS) is 11.3. The van der Waals surface area contributed by atoms with Crippen molar-refractivity contribution >= 4 is 23.2 Å². The van der Waals surface area contributed by atoms with E-state index in [1.807, 2.05) is 0 Å². The van der Waals surface area contributed by atoms with Crippen LogP contribution >= 0.6 is 11.6 Å². The summed E-state index contributed by atoms with van der Waals surface area (Å²) >= 11 is 5.69. The van der Waals surface area contributed by atoms with Crippen LogP contribution in [-0.2, 0) is 6.18 Å². The Labute approximate surface area is 123 Å². The standard InChI is InChI=1S/C14H10ClF3N2O/c1-8-11(5-6-12(15)19-8)20-13(21)9-3-2-4-10(7-9)14(16,17)18/h2-7H,1H3,(H,20,21). The van der Waals surface area contributed by atoms with Crippen molar-refractivity contribution in [3.05, 3.63) is 58.4 Å². The predicted octanol–water partition coefficient (Wildman–Crippen LogP) is 4.31. The molecule has 1 amide bonds. The Bertz CT molecular complexity index is 686. The molecule has 2 aromatic rings. The van der Waals surface area contributed by atoms with Crippen LogP contribution in [0.2, 0.25) is 5.15 Å². The summed E-state index contributed by atoms with van der Waals surface area (Å²) in [4.78, 5) is 15.9. The molecule has 7 heteroatoms. The molecular weight excluding hydrogens is 305 g/mol. The number of halogens is 4. The van der Waals surface area contributed by atoms with E-state index in [9.17, 15) is 18.0 Å². The molecule has 0 aliphatic rings. The summed E-state index contributed by atoms with van der Waals surface area (Å²) in [6.07, 6.45) is -4.49. The average molecular weight is 315 g/mol. The van der Waals surface area contributed by atoms with E-state index >= 15 is 0 Å².